The van der Waals surface area contributed by atoms with Gasteiger partial charge in [-0.1, -0.05) is 13.3 Å². The molecule has 17 heavy (non-hydrogen) atoms. The van der Waals surface area contributed by atoms with E-state index in [1.54, 1.807) is 0 Å². The highest BCUT2D eigenvalue weighted by Gasteiger charge is 2.31. The van der Waals surface area contributed by atoms with E-state index in [9.17, 15) is 5.11 Å². The van der Waals surface area contributed by atoms with Gasteiger partial charge in [-0.25, -0.2) is 0 Å². The number of aryl methyl sites for hydroxylation is 2. The van der Waals surface area contributed by atoms with Gasteiger partial charge in [-0.15, -0.1) is 0 Å². The van der Waals surface area contributed by atoms with Crippen LogP contribution in [0.2, 0.25) is 0 Å². The fourth-order valence-electron chi connectivity index (χ4n) is 3.18. The van der Waals surface area contributed by atoms with Crippen LogP contribution in [-0.4, -0.2) is 21.0 Å². The van der Waals surface area contributed by atoms with E-state index in [1.807, 2.05) is 6.92 Å². The van der Waals surface area contributed by atoms with Crippen molar-refractivity contribution in [3.63, 3.8) is 0 Å². The first-order valence-corrected chi connectivity index (χ1v) is 6.82. The van der Waals surface area contributed by atoms with Crippen molar-refractivity contribution in [1.82, 2.24) is 9.78 Å². The Morgan fingerprint density at radius 1 is 1.41 bits per heavy atom. The lowest BCUT2D eigenvalue weighted by Crippen LogP contribution is -2.31. The van der Waals surface area contributed by atoms with Crippen molar-refractivity contribution < 1.29 is 5.11 Å². The molecule has 0 amide bonds. The smallest absolute Gasteiger partial charge is 0.0596 e. The first-order chi connectivity index (χ1) is 8.11. The lowest BCUT2D eigenvalue weighted by Gasteiger charge is -2.35. The monoisotopic (exact) mass is 236 g/mol. The van der Waals surface area contributed by atoms with Gasteiger partial charge in [-0.05, 0) is 51.5 Å². The molecule has 0 spiro atoms. The molecular formula is C14H24N2O. The molecule has 3 heteroatoms. The van der Waals surface area contributed by atoms with Crippen molar-refractivity contribution in [3.8, 4) is 0 Å². The third kappa shape index (κ3) is 2.71. The zero-order valence-electron chi connectivity index (χ0n) is 11.2. The van der Waals surface area contributed by atoms with E-state index >= 15 is 0 Å². The zero-order chi connectivity index (χ0) is 12.4. The summed E-state index contributed by atoms with van der Waals surface area (Å²) in [4.78, 5) is 0. The highest BCUT2D eigenvalue weighted by molar-refractivity contribution is 5.08. The number of rotatable bonds is 3. The van der Waals surface area contributed by atoms with Gasteiger partial charge in [0.05, 0.1) is 17.8 Å². The molecule has 0 saturated heterocycles. The predicted octanol–water partition coefficient (Wildman–Crippen LogP) is 3.00. The summed E-state index contributed by atoms with van der Waals surface area (Å²) in [6.45, 7) is 6.39. The van der Waals surface area contributed by atoms with E-state index < -0.39 is 0 Å². The Kier molecular flexibility index (Phi) is 3.87. The standard InChI is InChI=1S/C14H24N2O/c1-4-5-12-6-7-13(17)9-14(12)16-11(3)8-10(2)15-16/h8,12-14,17H,4-7,9H2,1-3H3. The molecule has 0 bridgehead atoms. The largest absolute Gasteiger partial charge is 0.393 e. The lowest BCUT2D eigenvalue weighted by atomic mass is 9.80. The van der Waals surface area contributed by atoms with Crippen molar-refractivity contribution in [2.45, 2.75) is 65.0 Å². The second-order valence-corrected chi connectivity index (χ2v) is 5.45. The number of aliphatic hydroxyl groups is 1. The molecule has 0 radical (unpaired) electrons. The average Bonchev–Trinajstić information content (AvgIpc) is 2.61. The third-order valence-electron chi connectivity index (χ3n) is 3.95. The molecule has 96 valence electrons. The lowest BCUT2D eigenvalue weighted by molar-refractivity contribution is 0.0640. The summed E-state index contributed by atoms with van der Waals surface area (Å²) < 4.78 is 2.15. The number of hydrogen-bond acceptors (Lipinski definition) is 2. The second kappa shape index (κ2) is 5.21. The molecule has 1 aliphatic rings. The van der Waals surface area contributed by atoms with Crippen molar-refractivity contribution in [2.24, 2.45) is 5.92 Å². The summed E-state index contributed by atoms with van der Waals surface area (Å²) in [6, 6.07) is 2.52. The number of nitrogens with zero attached hydrogens (tertiary/aromatic N) is 2. The van der Waals surface area contributed by atoms with E-state index in [1.165, 1.54) is 18.5 Å². The summed E-state index contributed by atoms with van der Waals surface area (Å²) >= 11 is 0. The molecule has 1 N–H and O–H groups in total. The molecule has 1 aromatic heterocycles. The normalized spacial score (nSPS) is 29.5. The van der Waals surface area contributed by atoms with Crippen LogP contribution < -0.4 is 0 Å². The van der Waals surface area contributed by atoms with Crippen LogP contribution in [0.15, 0.2) is 6.07 Å². The SMILES string of the molecule is CCCC1CCC(O)CC1n1nc(C)cc1C. The van der Waals surface area contributed by atoms with Crippen molar-refractivity contribution >= 4 is 0 Å². The fraction of sp³-hybridized carbons (Fsp3) is 0.786. The van der Waals surface area contributed by atoms with Crippen LogP contribution in [-0.2, 0) is 0 Å². The highest BCUT2D eigenvalue weighted by atomic mass is 16.3. The molecule has 3 nitrogen and oxygen atoms in total. The van der Waals surface area contributed by atoms with Gasteiger partial charge in [-0.2, -0.15) is 5.10 Å². The summed E-state index contributed by atoms with van der Waals surface area (Å²) in [5, 5.41) is 14.5. The van der Waals surface area contributed by atoms with Gasteiger partial charge in [0.2, 0.25) is 0 Å². The molecule has 0 aromatic carbocycles. The summed E-state index contributed by atoms with van der Waals surface area (Å²) in [7, 11) is 0. The minimum absolute atomic E-state index is 0.142. The summed E-state index contributed by atoms with van der Waals surface area (Å²) in [5.74, 6) is 0.682. The minimum Gasteiger partial charge on any atom is -0.393 e. The Bertz CT molecular complexity index is 372. The van der Waals surface area contributed by atoms with Crippen molar-refractivity contribution in [2.75, 3.05) is 0 Å². The average molecular weight is 236 g/mol. The third-order valence-corrected chi connectivity index (χ3v) is 3.95. The number of hydrogen-bond donors (Lipinski definition) is 1. The Balaban J connectivity index is 2.22. The van der Waals surface area contributed by atoms with Crippen LogP contribution in [0.1, 0.15) is 56.5 Å². The van der Waals surface area contributed by atoms with E-state index in [4.69, 9.17) is 0 Å². The first-order valence-electron chi connectivity index (χ1n) is 6.82. The van der Waals surface area contributed by atoms with Crippen LogP contribution in [0.3, 0.4) is 0 Å². The quantitative estimate of drug-likeness (QED) is 0.876. The summed E-state index contributed by atoms with van der Waals surface area (Å²) in [6.07, 6.45) is 5.29. The van der Waals surface area contributed by atoms with Gasteiger partial charge in [0.15, 0.2) is 0 Å². The van der Waals surface area contributed by atoms with Gasteiger partial charge >= 0.3 is 0 Å². The maximum atomic E-state index is 9.88. The Hall–Kier alpha value is -0.830. The zero-order valence-corrected chi connectivity index (χ0v) is 11.2. The van der Waals surface area contributed by atoms with Crippen molar-refractivity contribution in [1.29, 1.82) is 0 Å². The van der Waals surface area contributed by atoms with Crippen molar-refractivity contribution in [3.05, 3.63) is 17.5 Å². The van der Waals surface area contributed by atoms with Crippen LogP contribution >= 0.6 is 0 Å². The molecule has 1 aliphatic carbocycles. The van der Waals surface area contributed by atoms with Gasteiger partial charge in [-0.3, -0.25) is 4.68 Å². The maximum Gasteiger partial charge on any atom is 0.0596 e. The topological polar surface area (TPSA) is 38.0 Å². The van der Waals surface area contributed by atoms with Gasteiger partial charge in [0.1, 0.15) is 0 Å². The highest BCUT2D eigenvalue weighted by Crippen LogP contribution is 2.37. The molecule has 2 rings (SSSR count). The summed E-state index contributed by atoms with van der Waals surface area (Å²) in [5.41, 5.74) is 2.31. The molecular weight excluding hydrogens is 212 g/mol. The van der Waals surface area contributed by atoms with E-state index in [0.29, 0.717) is 12.0 Å². The molecule has 1 heterocycles. The molecule has 1 aromatic rings. The van der Waals surface area contributed by atoms with Gasteiger partial charge in [0, 0.05) is 5.69 Å². The molecule has 3 unspecified atom stereocenters. The minimum atomic E-state index is -0.142. The van der Waals surface area contributed by atoms with Gasteiger partial charge < -0.3 is 5.11 Å². The molecule has 0 aliphatic heterocycles. The molecule has 3 atom stereocenters. The van der Waals surface area contributed by atoms with E-state index in [0.717, 1.165) is 25.0 Å². The maximum absolute atomic E-state index is 9.88. The fourth-order valence-corrected chi connectivity index (χ4v) is 3.18. The second-order valence-electron chi connectivity index (χ2n) is 5.45. The Labute approximate surface area is 104 Å². The number of aliphatic hydroxyl groups excluding tert-OH is 1. The first kappa shape index (κ1) is 12.6. The Morgan fingerprint density at radius 2 is 2.18 bits per heavy atom. The Morgan fingerprint density at radius 3 is 2.76 bits per heavy atom. The van der Waals surface area contributed by atoms with Crippen LogP contribution in [0.4, 0.5) is 0 Å². The number of aromatic nitrogens is 2. The van der Waals surface area contributed by atoms with Crippen LogP contribution in [0.25, 0.3) is 0 Å². The van der Waals surface area contributed by atoms with Gasteiger partial charge in [0.25, 0.3) is 0 Å². The molecule has 1 saturated carbocycles. The van der Waals surface area contributed by atoms with E-state index in [-0.39, 0.29) is 6.10 Å². The van der Waals surface area contributed by atoms with E-state index in [2.05, 4.69) is 29.7 Å². The predicted molar refractivity (Wildman–Crippen MR) is 69.0 cm³/mol. The van der Waals surface area contributed by atoms with Crippen LogP contribution in [0, 0.1) is 19.8 Å². The van der Waals surface area contributed by atoms with Crippen LogP contribution in [0.5, 0.6) is 0 Å². The molecule has 1 fully saturated rings.